The molecule has 3 heterocycles. The first-order valence-electron chi connectivity index (χ1n) is 13.2. The van der Waals surface area contributed by atoms with Gasteiger partial charge in [0, 0.05) is 32.1 Å². The molecule has 1 unspecified atom stereocenters. The maximum atomic E-state index is 12.9. The first-order valence-corrected chi connectivity index (χ1v) is 13.2. The molecule has 0 bridgehead atoms. The van der Waals surface area contributed by atoms with Crippen LogP contribution in [0.3, 0.4) is 0 Å². The number of imidazole rings is 1. The van der Waals surface area contributed by atoms with E-state index in [0.717, 1.165) is 18.4 Å². The topological polar surface area (TPSA) is 121 Å². The zero-order chi connectivity index (χ0) is 28.2. The van der Waals surface area contributed by atoms with Gasteiger partial charge in [0.1, 0.15) is 18.2 Å². The number of amides is 3. The second-order valence-corrected chi connectivity index (χ2v) is 10.8. The van der Waals surface area contributed by atoms with Crippen molar-refractivity contribution in [3.05, 3.63) is 34.2 Å². The van der Waals surface area contributed by atoms with E-state index in [1.54, 1.807) is 30.1 Å². The number of carbonyl (C=O) groups excluding carboxylic acids is 3. The second kappa shape index (κ2) is 12.1. The Labute approximate surface area is 227 Å². The number of aryl methyl sites for hydroxylation is 1. The van der Waals surface area contributed by atoms with Gasteiger partial charge in [0.15, 0.2) is 0 Å². The van der Waals surface area contributed by atoms with Crippen LogP contribution in [0.5, 0.6) is 0 Å². The highest BCUT2D eigenvalue weighted by Crippen LogP contribution is 2.23. The van der Waals surface area contributed by atoms with Crippen molar-refractivity contribution in [1.29, 1.82) is 0 Å². The number of nitrogens with one attached hydrogen (secondary N) is 1. The molecular formula is C28H36N4O7. The van der Waals surface area contributed by atoms with Gasteiger partial charge >= 0.3 is 11.8 Å². The minimum atomic E-state index is -0.719. The molecule has 1 N–H and O–H groups in total. The first-order chi connectivity index (χ1) is 18.5. The molecule has 2 aliphatic rings. The third-order valence-electron chi connectivity index (χ3n) is 6.69. The van der Waals surface area contributed by atoms with Crippen molar-refractivity contribution in [1.82, 2.24) is 19.4 Å². The summed E-state index contributed by atoms with van der Waals surface area (Å²) in [6.45, 7) is 7.88. The molecule has 11 heteroatoms. The van der Waals surface area contributed by atoms with Crippen LogP contribution in [0, 0.1) is 11.8 Å². The summed E-state index contributed by atoms with van der Waals surface area (Å²) in [6.07, 6.45) is 1.81. The highest BCUT2D eigenvalue weighted by molar-refractivity contribution is 6.00. The molecule has 2 aliphatic heterocycles. The van der Waals surface area contributed by atoms with Crippen molar-refractivity contribution in [2.24, 2.45) is 7.05 Å². The van der Waals surface area contributed by atoms with Crippen LogP contribution >= 0.6 is 0 Å². The lowest BCUT2D eigenvalue weighted by Gasteiger charge is -2.33. The summed E-state index contributed by atoms with van der Waals surface area (Å²) in [5, 5.41) is 2.31. The number of piperidine rings is 2. The Morgan fingerprint density at radius 2 is 1.82 bits per heavy atom. The van der Waals surface area contributed by atoms with Crippen molar-refractivity contribution < 1.29 is 28.6 Å². The number of ether oxygens (including phenoxy) is 3. The van der Waals surface area contributed by atoms with Gasteiger partial charge in [-0.25, -0.2) is 9.59 Å². The van der Waals surface area contributed by atoms with Crippen molar-refractivity contribution >= 4 is 28.9 Å². The third-order valence-corrected chi connectivity index (χ3v) is 6.69. The number of aromatic nitrogens is 2. The van der Waals surface area contributed by atoms with Crippen LogP contribution < -0.4 is 11.0 Å². The molecule has 1 atom stereocenters. The number of carbonyl (C=O) groups is 3. The van der Waals surface area contributed by atoms with Gasteiger partial charge in [-0.15, -0.1) is 0 Å². The van der Waals surface area contributed by atoms with Crippen LogP contribution in [-0.4, -0.2) is 76.6 Å². The van der Waals surface area contributed by atoms with E-state index in [-0.39, 0.29) is 43.2 Å². The van der Waals surface area contributed by atoms with E-state index in [9.17, 15) is 19.2 Å². The Hall–Kier alpha value is -3.62. The van der Waals surface area contributed by atoms with Crippen LogP contribution in [-0.2, 0) is 30.8 Å². The van der Waals surface area contributed by atoms with E-state index >= 15 is 0 Å². The molecule has 4 rings (SSSR count). The minimum Gasteiger partial charge on any atom is -0.444 e. The van der Waals surface area contributed by atoms with E-state index in [2.05, 4.69) is 17.2 Å². The minimum absolute atomic E-state index is 0.0872. The number of fused-ring (bicyclic) bond motifs is 1. The van der Waals surface area contributed by atoms with Crippen LogP contribution in [0.2, 0.25) is 0 Å². The zero-order valence-corrected chi connectivity index (χ0v) is 23.0. The van der Waals surface area contributed by atoms with E-state index < -0.39 is 17.6 Å². The maximum absolute atomic E-state index is 12.9. The lowest BCUT2D eigenvalue weighted by molar-refractivity contribution is -0.135. The Morgan fingerprint density at radius 3 is 2.51 bits per heavy atom. The lowest BCUT2D eigenvalue weighted by Crippen LogP contribution is -2.44. The van der Waals surface area contributed by atoms with Gasteiger partial charge in [0.05, 0.1) is 30.4 Å². The van der Waals surface area contributed by atoms with Crippen LogP contribution in [0.15, 0.2) is 23.0 Å². The Balaban J connectivity index is 1.22. The molecular weight excluding hydrogens is 504 g/mol. The molecule has 2 aromatic rings. The normalized spacial score (nSPS) is 18.6. The smallest absolute Gasteiger partial charge is 0.410 e. The molecule has 0 saturated carbocycles. The van der Waals surface area contributed by atoms with Gasteiger partial charge in [-0.2, -0.15) is 0 Å². The monoisotopic (exact) mass is 540 g/mol. The Bertz CT molecular complexity index is 1350. The number of imide groups is 1. The first kappa shape index (κ1) is 28.4. The number of rotatable bonds is 6. The van der Waals surface area contributed by atoms with E-state index in [0.29, 0.717) is 37.3 Å². The summed E-state index contributed by atoms with van der Waals surface area (Å²) in [7, 11) is 1.65. The second-order valence-electron chi connectivity index (χ2n) is 10.8. The molecule has 11 nitrogen and oxygen atoms in total. The molecule has 2 saturated heterocycles. The van der Waals surface area contributed by atoms with Crippen LogP contribution in [0.1, 0.15) is 58.1 Å². The zero-order valence-electron chi connectivity index (χ0n) is 23.0. The molecule has 2 fully saturated rings. The van der Waals surface area contributed by atoms with Gasteiger partial charge in [-0.3, -0.25) is 24.0 Å². The summed E-state index contributed by atoms with van der Waals surface area (Å²) in [5.74, 6) is 5.24. The fourth-order valence-electron chi connectivity index (χ4n) is 4.74. The average molecular weight is 541 g/mol. The highest BCUT2D eigenvalue weighted by Gasteiger charge is 2.31. The molecule has 1 aromatic carbocycles. The van der Waals surface area contributed by atoms with Crippen molar-refractivity contribution in [2.45, 2.75) is 64.2 Å². The highest BCUT2D eigenvalue weighted by atomic mass is 16.6. The summed E-state index contributed by atoms with van der Waals surface area (Å²) < 4.78 is 19.8. The van der Waals surface area contributed by atoms with Gasteiger partial charge < -0.3 is 19.1 Å². The lowest BCUT2D eigenvalue weighted by atomic mass is 10.1. The number of hydrogen-bond acceptors (Lipinski definition) is 7. The van der Waals surface area contributed by atoms with E-state index in [1.165, 1.54) is 9.13 Å². The van der Waals surface area contributed by atoms with E-state index in [1.807, 2.05) is 20.8 Å². The van der Waals surface area contributed by atoms with E-state index in [4.69, 9.17) is 14.2 Å². The summed E-state index contributed by atoms with van der Waals surface area (Å²) in [4.78, 5) is 50.6. The largest absolute Gasteiger partial charge is 0.444 e. The Morgan fingerprint density at radius 1 is 1.08 bits per heavy atom. The predicted octanol–water partition coefficient (Wildman–Crippen LogP) is 2.10. The quantitative estimate of drug-likeness (QED) is 0.338. The van der Waals surface area contributed by atoms with Crippen molar-refractivity contribution in [2.75, 3.05) is 32.9 Å². The van der Waals surface area contributed by atoms with Gasteiger partial charge in [-0.05, 0) is 58.2 Å². The summed E-state index contributed by atoms with van der Waals surface area (Å²) in [5.41, 5.74) is 1.18. The maximum Gasteiger partial charge on any atom is 0.410 e. The molecule has 3 amide bonds. The SMILES string of the molecule is Cn1c(=O)n(C2CCC(=O)NC2=O)c2ccc(C#CCOCCOC3CCN(C(=O)OC(C)(C)C)CC3)cc21. The summed E-state index contributed by atoms with van der Waals surface area (Å²) >= 11 is 0. The van der Waals surface area contributed by atoms with Crippen molar-refractivity contribution in [3.8, 4) is 11.8 Å². The molecule has 1 aromatic heterocycles. The number of nitrogens with zero attached hydrogens (tertiary/aromatic N) is 3. The molecule has 39 heavy (non-hydrogen) atoms. The molecule has 0 spiro atoms. The number of benzene rings is 1. The predicted molar refractivity (Wildman–Crippen MR) is 143 cm³/mol. The molecule has 0 aliphatic carbocycles. The van der Waals surface area contributed by atoms with Crippen LogP contribution in [0.4, 0.5) is 4.79 Å². The van der Waals surface area contributed by atoms with Crippen molar-refractivity contribution in [3.63, 3.8) is 0 Å². The van der Waals surface area contributed by atoms with Gasteiger partial charge in [-0.1, -0.05) is 11.8 Å². The fraction of sp³-hybridized carbons (Fsp3) is 0.571. The third kappa shape index (κ3) is 7.07. The van der Waals surface area contributed by atoms with Gasteiger partial charge in [0.25, 0.3) is 0 Å². The average Bonchev–Trinajstić information content (AvgIpc) is 3.12. The summed E-state index contributed by atoms with van der Waals surface area (Å²) in [6, 6.07) is 4.65. The number of hydrogen-bond donors (Lipinski definition) is 1. The Kier molecular flexibility index (Phi) is 8.77. The fourth-order valence-corrected chi connectivity index (χ4v) is 4.74. The molecule has 210 valence electrons. The van der Waals surface area contributed by atoms with Crippen LogP contribution in [0.25, 0.3) is 11.0 Å². The standard InChI is InChI=1S/C28H36N4O7/c1-28(2,3)39-27(36)31-13-11-20(12-14-31)38-17-16-37-15-5-6-19-7-8-21-23(18-19)30(4)26(35)32(21)22-9-10-24(33)29-25(22)34/h7-8,18,20,22H,9-17H2,1-4H3,(H,29,33,34). The number of likely N-dealkylation sites (tertiary alicyclic amines) is 1. The molecule has 0 radical (unpaired) electrons. The van der Waals surface area contributed by atoms with Gasteiger partial charge in [0.2, 0.25) is 11.8 Å².